The van der Waals surface area contributed by atoms with Crippen molar-refractivity contribution in [1.29, 1.82) is 0 Å². The number of ether oxygens (including phenoxy) is 1. The molecule has 0 radical (unpaired) electrons. The standard InChI is InChI=1S/C35H32N4O4/c1-22(2)43-27-17-13-23(14-18-27)28-11-7-8-12-29(28)34(41)38-31-20-16-25-21-26(15-19-30(25)37-31)33(40)39-32(35(42)36-3)24-9-5-4-6-10-24/h4-22,32H,1-3H3,(H,36,42)(H,39,40)(H,37,38,41)/t32-/m0/s1. The molecule has 0 aliphatic heterocycles. The zero-order valence-corrected chi connectivity index (χ0v) is 24.1. The van der Waals surface area contributed by atoms with E-state index in [1.165, 1.54) is 7.05 Å². The van der Waals surface area contributed by atoms with Gasteiger partial charge in [-0.3, -0.25) is 14.4 Å². The highest BCUT2D eigenvalue weighted by Crippen LogP contribution is 2.27. The van der Waals surface area contributed by atoms with E-state index in [9.17, 15) is 14.4 Å². The van der Waals surface area contributed by atoms with Crippen LogP contribution < -0.4 is 20.7 Å². The largest absolute Gasteiger partial charge is 0.491 e. The van der Waals surface area contributed by atoms with Gasteiger partial charge in [0.1, 0.15) is 17.6 Å². The number of anilines is 1. The van der Waals surface area contributed by atoms with E-state index < -0.39 is 11.9 Å². The molecule has 5 rings (SSSR count). The summed E-state index contributed by atoms with van der Waals surface area (Å²) in [5.41, 5.74) is 3.86. The number of pyridine rings is 1. The molecule has 0 saturated heterocycles. The molecule has 1 heterocycles. The first kappa shape index (κ1) is 29.0. The summed E-state index contributed by atoms with van der Waals surface area (Å²) >= 11 is 0. The molecular formula is C35H32N4O4. The summed E-state index contributed by atoms with van der Waals surface area (Å²) in [7, 11) is 1.53. The summed E-state index contributed by atoms with van der Waals surface area (Å²) in [6.45, 7) is 3.95. The maximum absolute atomic E-state index is 13.3. The van der Waals surface area contributed by atoms with Crippen LogP contribution in [0.4, 0.5) is 5.82 Å². The molecule has 3 amide bonds. The van der Waals surface area contributed by atoms with E-state index in [0.29, 0.717) is 33.4 Å². The van der Waals surface area contributed by atoms with E-state index in [2.05, 4.69) is 20.9 Å². The number of hydrogen-bond donors (Lipinski definition) is 3. The number of carbonyl (C=O) groups is 3. The van der Waals surface area contributed by atoms with Crippen molar-refractivity contribution in [2.75, 3.05) is 12.4 Å². The molecule has 3 N–H and O–H groups in total. The molecule has 0 saturated carbocycles. The Hall–Kier alpha value is -5.50. The molecular weight excluding hydrogens is 540 g/mol. The molecule has 8 heteroatoms. The van der Waals surface area contributed by atoms with Gasteiger partial charge >= 0.3 is 0 Å². The zero-order chi connectivity index (χ0) is 30.3. The van der Waals surface area contributed by atoms with Gasteiger partial charge in [-0.1, -0.05) is 60.7 Å². The second-order valence-electron chi connectivity index (χ2n) is 10.2. The Labute approximate surface area is 250 Å². The molecule has 0 aliphatic carbocycles. The molecule has 0 aliphatic rings. The molecule has 0 spiro atoms. The number of hydrogen-bond acceptors (Lipinski definition) is 5. The molecule has 5 aromatic rings. The van der Waals surface area contributed by atoms with Gasteiger partial charge in [-0.05, 0) is 79.1 Å². The second kappa shape index (κ2) is 13.0. The van der Waals surface area contributed by atoms with Crippen LogP contribution in [0.25, 0.3) is 22.0 Å². The summed E-state index contributed by atoms with van der Waals surface area (Å²) in [6, 6.07) is 31.8. The van der Waals surface area contributed by atoms with Gasteiger partial charge in [-0.2, -0.15) is 0 Å². The third kappa shape index (κ3) is 6.87. The highest BCUT2D eigenvalue weighted by atomic mass is 16.5. The summed E-state index contributed by atoms with van der Waals surface area (Å²) in [5.74, 6) is 0.151. The lowest BCUT2D eigenvalue weighted by Gasteiger charge is -2.18. The number of amides is 3. The Morgan fingerprint density at radius 3 is 2.21 bits per heavy atom. The first-order chi connectivity index (χ1) is 20.8. The predicted octanol–water partition coefficient (Wildman–Crippen LogP) is 6.16. The van der Waals surface area contributed by atoms with Crippen LogP contribution in [0.3, 0.4) is 0 Å². The van der Waals surface area contributed by atoms with E-state index in [4.69, 9.17) is 4.74 Å². The SMILES string of the molecule is CNC(=O)[C@@H](NC(=O)c1ccc2nc(NC(=O)c3ccccc3-c3ccc(OC(C)C)cc3)ccc2c1)c1ccccc1. The van der Waals surface area contributed by atoms with Crippen molar-refractivity contribution in [3.05, 3.63) is 126 Å². The van der Waals surface area contributed by atoms with E-state index in [-0.39, 0.29) is 17.9 Å². The Morgan fingerprint density at radius 1 is 0.767 bits per heavy atom. The normalized spacial score (nSPS) is 11.5. The van der Waals surface area contributed by atoms with Gasteiger partial charge in [0.15, 0.2) is 0 Å². The minimum absolute atomic E-state index is 0.0723. The molecule has 0 unspecified atom stereocenters. The lowest BCUT2D eigenvalue weighted by Crippen LogP contribution is -2.39. The van der Waals surface area contributed by atoms with E-state index in [1.54, 1.807) is 48.5 Å². The number of carbonyl (C=O) groups excluding carboxylic acids is 3. The van der Waals surface area contributed by atoms with Gasteiger partial charge in [-0.25, -0.2) is 4.98 Å². The topological polar surface area (TPSA) is 109 Å². The summed E-state index contributed by atoms with van der Waals surface area (Å²) < 4.78 is 5.74. The van der Waals surface area contributed by atoms with Crippen molar-refractivity contribution in [3.8, 4) is 16.9 Å². The lowest BCUT2D eigenvalue weighted by atomic mass is 9.99. The number of benzene rings is 4. The van der Waals surface area contributed by atoms with Crippen LogP contribution in [0.2, 0.25) is 0 Å². The van der Waals surface area contributed by atoms with Gasteiger partial charge in [0, 0.05) is 23.6 Å². The fourth-order valence-corrected chi connectivity index (χ4v) is 4.74. The minimum Gasteiger partial charge on any atom is -0.491 e. The number of nitrogens with zero attached hydrogens (tertiary/aromatic N) is 1. The minimum atomic E-state index is -0.834. The highest BCUT2D eigenvalue weighted by molar-refractivity contribution is 6.09. The van der Waals surface area contributed by atoms with Crippen LogP contribution in [0.5, 0.6) is 5.75 Å². The molecule has 1 aromatic heterocycles. The summed E-state index contributed by atoms with van der Waals surface area (Å²) in [4.78, 5) is 43.5. The number of likely N-dealkylation sites (N-methyl/N-ethyl adjacent to an activating group) is 1. The van der Waals surface area contributed by atoms with Gasteiger partial charge < -0.3 is 20.7 Å². The fraction of sp³-hybridized carbons (Fsp3) is 0.143. The van der Waals surface area contributed by atoms with Crippen molar-refractivity contribution in [3.63, 3.8) is 0 Å². The first-order valence-electron chi connectivity index (χ1n) is 14.0. The molecule has 0 bridgehead atoms. The van der Waals surface area contributed by atoms with Crippen LogP contribution >= 0.6 is 0 Å². The quantitative estimate of drug-likeness (QED) is 0.196. The van der Waals surface area contributed by atoms with Crippen molar-refractivity contribution >= 4 is 34.4 Å². The average Bonchev–Trinajstić information content (AvgIpc) is 3.03. The molecule has 8 nitrogen and oxygen atoms in total. The molecule has 4 aromatic carbocycles. The maximum Gasteiger partial charge on any atom is 0.257 e. The Kier molecular flexibility index (Phi) is 8.77. The van der Waals surface area contributed by atoms with Crippen LogP contribution in [0, 0.1) is 0 Å². The molecule has 1 atom stereocenters. The summed E-state index contributed by atoms with van der Waals surface area (Å²) in [5, 5.41) is 9.03. The average molecular weight is 573 g/mol. The van der Waals surface area contributed by atoms with Gasteiger partial charge in [0.2, 0.25) is 5.91 Å². The number of fused-ring (bicyclic) bond motifs is 1. The van der Waals surface area contributed by atoms with Gasteiger partial charge in [-0.15, -0.1) is 0 Å². The van der Waals surface area contributed by atoms with Crippen LogP contribution in [0.1, 0.15) is 46.2 Å². The molecule has 43 heavy (non-hydrogen) atoms. The van der Waals surface area contributed by atoms with Gasteiger partial charge in [0.05, 0.1) is 11.6 Å². The van der Waals surface area contributed by atoms with Crippen molar-refractivity contribution < 1.29 is 19.1 Å². The smallest absolute Gasteiger partial charge is 0.257 e. The number of nitrogens with one attached hydrogen (secondary N) is 3. The van der Waals surface area contributed by atoms with E-state index in [0.717, 1.165) is 16.9 Å². The Bertz CT molecular complexity index is 1770. The number of aromatic nitrogens is 1. The highest BCUT2D eigenvalue weighted by Gasteiger charge is 2.22. The molecule has 216 valence electrons. The zero-order valence-electron chi connectivity index (χ0n) is 24.1. The number of rotatable bonds is 9. The Balaban J connectivity index is 1.32. The van der Waals surface area contributed by atoms with Crippen LogP contribution in [-0.4, -0.2) is 35.9 Å². The third-order valence-electron chi connectivity index (χ3n) is 6.82. The van der Waals surface area contributed by atoms with E-state index in [1.807, 2.05) is 74.5 Å². The third-order valence-corrected chi connectivity index (χ3v) is 6.82. The summed E-state index contributed by atoms with van der Waals surface area (Å²) in [6.07, 6.45) is 0.0723. The van der Waals surface area contributed by atoms with Crippen LogP contribution in [-0.2, 0) is 4.79 Å². The molecule has 0 fully saturated rings. The lowest BCUT2D eigenvalue weighted by molar-refractivity contribution is -0.122. The Morgan fingerprint density at radius 2 is 1.49 bits per heavy atom. The van der Waals surface area contributed by atoms with Crippen molar-refractivity contribution in [1.82, 2.24) is 15.6 Å². The van der Waals surface area contributed by atoms with E-state index >= 15 is 0 Å². The van der Waals surface area contributed by atoms with Crippen molar-refractivity contribution in [2.24, 2.45) is 0 Å². The van der Waals surface area contributed by atoms with Gasteiger partial charge in [0.25, 0.3) is 11.8 Å². The van der Waals surface area contributed by atoms with Crippen molar-refractivity contribution in [2.45, 2.75) is 26.0 Å². The first-order valence-corrected chi connectivity index (χ1v) is 14.0. The second-order valence-corrected chi connectivity index (χ2v) is 10.2. The monoisotopic (exact) mass is 572 g/mol. The van der Waals surface area contributed by atoms with Crippen LogP contribution in [0.15, 0.2) is 109 Å². The fourth-order valence-electron chi connectivity index (χ4n) is 4.74. The predicted molar refractivity (Wildman–Crippen MR) is 168 cm³/mol. The maximum atomic E-state index is 13.3.